The summed E-state index contributed by atoms with van der Waals surface area (Å²) in [5, 5.41) is 4.35. The minimum Gasteiger partial charge on any atom is -0.320 e. The Labute approximate surface area is 147 Å². The summed E-state index contributed by atoms with van der Waals surface area (Å²) in [7, 11) is 0. The quantitative estimate of drug-likeness (QED) is 0.898. The third kappa shape index (κ3) is 3.71. The molecule has 0 bridgehead atoms. The van der Waals surface area contributed by atoms with Crippen LogP contribution in [-0.2, 0) is 9.59 Å². The van der Waals surface area contributed by atoms with E-state index in [-0.39, 0.29) is 18.2 Å². The molecule has 0 unspecified atom stereocenters. The molecule has 0 radical (unpaired) electrons. The van der Waals surface area contributed by atoms with E-state index in [1.54, 1.807) is 6.08 Å². The van der Waals surface area contributed by atoms with Gasteiger partial charge in [-0.3, -0.25) is 15.0 Å². The fraction of sp³-hybridized carbons (Fsp3) is 0.200. The zero-order chi connectivity index (χ0) is 17.8. The molecule has 0 saturated heterocycles. The first-order chi connectivity index (χ1) is 12.1. The highest BCUT2D eigenvalue weighted by atomic mass is 16.2. The Bertz CT molecular complexity index is 813. The molecule has 5 nitrogen and oxygen atoms in total. The van der Waals surface area contributed by atoms with E-state index in [0.717, 1.165) is 11.3 Å². The van der Waals surface area contributed by atoms with Crippen LogP contribution in [0.4, 0.5) is 11.4 Å². The summed E-state index contributed by atoms with van der Waals surface area (Å²) in [5.41, 5.74) is 5.84. The number of rotatable bonds is 4. The highest BCUT2D eigenvalue weighted by Crippen LogP contribution is 2.24. The van der Waals surface area contributed by atoms with Crippen LogP contribution in [0.5, 0.6) is 0 Å². The second-order valence-electron chi connectivity index (χ2n) is 6.19. The normalized spacial score (nSPS) is 14.1. The highest BCUT2D eigenvalue weighted by Gasteiger charge is 2.24. The van der Waals surface area contributed by atoms with E-state index in [0.29, 0.717) is 17.3 Å². The van der Waals surface area contributed by atoms with Gasteiger partial charge in [-0.25, -0.2) is 5.01 Å². The van der Waals surface area contributed by atoms with Crippen LogP contribution in [0.25, 0.3) is 0 Å². The number of amides is 2. The van der Waals surface area contributed by atoms with Gasteiger partial charge in [0, 0.05) is 12.1 Å². The molecule has 3 rings (SSSR count). The molecule has 1 heterocycles. The molecule has 2 amide bonds. The number of hydrogen-bond donors (Lipinski definition) is 2. The van der Waals surface area contributed by atoms with Gasteiger partial charge in [0.05, 0.1) is 5.69 Å². The van der Waals surface area contributed by atoms with Crippen LogP contribution in [0.15, 0.2) is 66.4 Å². The first kappa shape index (κ1) is 16.8. The van der Waals surface area contributed by atoms with E-state index in [2.05, 4.69) is 24.6 Å². The molecule has 25 heavy (non-hydrogen) atoms. The molecule has 2 aromatic rings. The fourth-order valence-electron chi connectivity index (χ4n) is 2.74. The van der Waals surface area contributed by atoms with E-state index in [1.165, 1.54) is 5.01 Å². The van der Waals surface area contributed by atoms with Crippen LogP contribution in [0, 0.1) is 0 Å². The Balaban J connectivity index is 1.78. The minimum absolute atomic E-state index is 0.106. The van der Waals surface area contributed by atoms with Gasteiger partial charge in [0.2, 0.25) is 5.91 Å². The van der Waals surface area contributed by atoms with Crippen LogP contribution in [-0.4, -0.2) is 11.8 Å². The highest BCUT2D eigenvalue weighted by molar-refractivity contribution is 6.07. The van der Waals surface area contributed by atoms with Crippen LogP contribution in [0.2, 0.25) is 0 Å². The zero-order valence-corrected chi connectivity index (χ0v) is 14.3. The number of carbonyl (C=O) groups excluding carboxylic acids is 2. The summed E-state index contributed by atoms with van der Waals surface area (Å²) in [5.74, 6) is -0.0703. The maximum Gasteiger partial charge on any atom is 0.273 e. The number of hydrogen-bond acceptors (Lipinski definition) is 3. The van der Waals surface area contributed by atoms with Gasteiger partial charge in [0.15, 0.2) is 0 Å². The van der Waals surface area contributed by atoms with Crippen LogP contribution in [0.3, 0.4) is 0 Å². The topological polar surface area (TPSA) is 61.4 Å². The lowest BCUT2D eigenvalue weighted by molar-refractivity contribution is -0.119. The van der Waals surface area contributed by atoms with E-state index in [4.69, 9.17) is 0 Å². The average molecular weight is 335 g/mol. The van der Waals surface area contributed by atoms with Crippen molar-refractivity contribution in [2.24, 2.45) is 0 Å². The molecule has 0 atom stereocenters. The van der Waals surface area contributed by atoms with Crippen molar-refractivity contribution in [3.63, 3.8) is 0 Å². The zero-order valence-electron chi connectivity index (χ0n) is 14.3. The Morgan fingerprint density at radius 1 is 1.08 bits per heavy atom. The number of para-hydroxylation sites is 2. The van der Waals surface area contributed by atoms with Gasteiger partial charge < -0.3 is 5.32 Å². The van der Waals surface area contributed by atoms with Gasteiger partial charge >= 0.3 is 0 Å². The van der Waals surface area contributed by atoms with Crippen molar-refractivity contribution in [1.29, 1.82) is 0 Å². The molecule has 0 aliphatic carbocycles. The van der Waals surface area contributed by atoms with Gasteiger partial charge in [-0.05, 0) is 35.8 Å². The fourth-order valence-corrected chi connectivity index (χ4v) is 2.74. The molecule has 0 spiro atoms. The molecular weight excluding hydrogens is 314 g/mol. The van der Waals surface area contributed by atoms with Gasteiger partial charge in [-0.1, -0.05) is 50.2 Å². The maximum absolute atomic E-state index is 12.6. The molecule has 1 aliphatic rings. The second kappa shape index (κ2) is 7.21. The summed E-state index contributed by atoms with van der Waals surface area (Å²) in [6.07, 6.45) is 1.80. The maximum atomic E-state index is 12.6. The number of nitrogens with one attached hydrogen (secondary N) is 2. The third-order valence-electron chi connectivity index (χ3n) is 4.05. The summed E-state index contributed by atoms with van der Waals surface area (Å²) < 4.78 is 0. The number of nitrogens with zero attached hydrogens (tertiary/aromatic N) is 1. The van der Waals surface area contributed by atoms with E-state index < -0.39 is 0 Å². The molecule has 0 fully saturated rings. The SMILES string of the molecule is CC(C)c1ccccc1NC(=O)C1=CCC(=O)N(c2ccccc2)N1. The van der Waals surface area contributed by atoms with Gasteiger partial charge in [-0.15, -0.1) is 0 Å². The standard InChI is InChI=1S/C20H21N3O2/c1-14(2)16-10-6-7-11-17(16)21-20(25)18-12-13-19(24)23(22-18)15-8-4-3-5-9-15/h3-12,14,22H,13H2,1-2H3,(H,21,25). The molecule has 0 aromatic heterocycles. The number of hydrazine groups is 1. The van der Waals surface area contributed by atoms with Gasteiger partial charge in [0.1, 0.15) is 5.70 Å². The lowest BCUT2D eigenvalue weighted by Gasteiger charge is -2.28. The molecule has 5 heteroatoms. The summed E-state index contributed by atoms with van der Waals surface area (Å²) in [6.45, 7) is 4.16. The van der Waals surface area contributed by atoms with E-state index >= 15 is 0 Å². The first-order valence-corrected chi connectivity index (χ1v) is 8.31. The summed E-state index contributed by atoms with van der Waals surface area (Å²) >= 11 is 0. The molecule has 2 aromatic carbocycles. The minimum atomic E-state index is -0.262. The number of anilines is 2. The monoisotopic (exact) mass is 335 g/mol. The predicted molar refractivity (Wildman–Crippen MR) is 98.9 cm³/mol. The van der Waals surface area contributed by atoms with Crippen LogP contribution in [0.1, 0.15) is 31.7 Å². The van der Waals surface area contributed by atoms with E-state index in [9.17, 15) is 9.59 Å². The smallest absolute Gasteiger partial charge is 0.273 e. The van der Waals surface area contributed by atoms with Gasteiger partial charge in [-0.2, -0.15) is 0 Å². The number of carbonyl (C=O) groups is 2. The van der Waals surface area contributed by atoms with Gasteiger partial charge in [0.25, 0.3) is 5.91 Å². The van der Waals surface area contributed by atoms with Crippen molar-refractivity contribution in [3.8, 4) is 0 Å². The van der Waals surface area contributed by atoms with E-state index in [1.807, 2.05) is 54.6 Å². The van der Waals surface area contributed by atoms with Crippen LogP contribution >= 0.6 is 0 Å². The Kier molecular flexibility index (Phi) is 4.84. The van der Waals surface area contributed by atoms with Crippen molar-refractivity contribution < 1.29 is 9.59 Å². The summed E-state index contributed by atoms with van der Waals surface area (Å²) in [6, 6.07) is 17.0. The van der Waals surface area contributed by atoms with Crippen molar-refractivity contribution in [2.45, 2.75) is 26.2 Å². The molecule has 0 saturated carbocycles. The van der Waals surface area contributed by atoms with Crippen molar-refractivity contribution in [2.75, 3.05) is 10.3 Å². The Morgan fingerprint density at radius 3 is 2.48 bits per heavy atom. The molecule has 1 aliphatic heterocycles. The largest absolute Gasteiger partial charge is 0.320 e. The molecular formula is C20H21N3O2. The van der Waals surface area contributed by atoms with Crippen molar-refractivity contribution in [1.82, 2.24) is 5.43 Å². The third-order valence-corrected chi connectivity index (χ3v) is 4.05. The lowest BCUT2D eigenvalue weighted by Crippen LogP contribution is -2.47. The van der Waals surface area contributed by atoms with Crippen molar-refractivity contribution in [3.05, 3.63) is 71.9 Å². The number of benzene rings is 2. The Morgan fingerprint density at radius 2 is 1.76 bits per heavy atom. The first-order valence-electron chi connectivity index (χ1n) is 8.31. The molecule has 128 valence electrons. The Hall–Kier alpha value is -3.08. The average Bonchev–Trinajstić information content (AvgIpc) is 2.63. The second-order valence-corrected chi connectivity index (χ2v) is 6.19. The van der Waals surface area contributed by atoms with Crippen LogP contribution < -0.4 is 15.8 Å². The summed E-state index contributed by atoms with van der Waals surface area (Å²) in [4.78, 5) is 24.8. The van der Waals surface area contributed by atoms with Crippen molar-refractivity contribution >= 4 is 23.2 Å². The molecule has 2 N–H and O–H groups in total. The lowest BCUT2D eigenvalue weighted by atomic mass is 10.0. The predicted octanol–water partition coefficient (Wildman–Crippen LogP) is 3.57.